The summed E-state index contributed by atoms with van der Waals surface area (Å²) in [6, 6.07) is 4.66. The summed E-state index contributed by atoms with van der Waals surface area (Å²) < 4.78 is 18.4. The molecular weight excluding hydrogens is 309 g/mol. The Labute approximate surface area is 109 Å². The Morgan fingerprint density at radius 1 is 1.53 bits per heavy atom. The summed E-state index contributed by atoms with van der Waals surface area (Å²) >= 11 is 4.34. The highest BCUT2D eigenvalue weighted by Crippen LogP contribution is 2.30. The third-order valence-electron chi connectivity index (χ3n) is 2.13. The van der Waals surface area contributed by atoms with E-state index in [-0.39, 0.29) is 11.5 Å². The quantitative estimate of drug-likeness (QED) is 0.796. The van der Waals surface area contributed by atoms with Crippen LogP contribution in [0.2, 0.25) is 0 Å². The maximum Gasteiger partial charge on any atom is 0.358 e. The number of benzene rings is 1. The number of hydrogen-bond acceptors (Lipinski definition) is 4. The van der Waals surface area contributed by atoms with E-state index in [1.165, 1.54) is 30.0 Å². The Balaban J connectivity index is 2.50. The zero-order valence-corrected chi connectivity index (χ0v) is 11.1. The molecule has 0 saturated carbocycles. The van der Waals surface area contributed by atoms with Crippen LogP contribution in [0.1, 0.15) is 10.5 Å². The van der Waals surface area contributed by atoms with E-state index in [1.54, 1.807) is 12.1 Å². The van der Waals surface area contributed by atoms with Crippen LogP contribution >= 0.6 is 27.3 Å². The number of halogens is 2. The summed E-state index contributed by atoms with van der Waals surface area (Å²) in [7, 11) is 1.29. The molecule has 2 aromatic rings. The molecule has 1 aromatic carbocycles. The minimum absolute atomic E-state index is 0.208. The molecule has 0 aliphatic rings. The number of hydrogen-bond donors (Lipinski definition) is 0. The average Bonchev–Trinajstić information content (AvgIpc) is 2.80. The minimum Gasteiger partial charge on any atom is -0.464 e. The highest BCUT2D eigenvalue weighted by Gasteiger charge is 2.17. The molecule has 0 aliphatic heterocycles. The number of esters is 1. The van der Waals surface area contributed by atoms with Crippen molar-refractivity contribution in [3.8, 4) is 10.4 Å². The van der Waals surface area contributed by atoms with Gasteiger partial charge in [-0.2, -0.15) is 0 Å². The average molecular weight is 316 g/mol. The van der Waals surface area contributed by atoms with Gasteiger partial charge in [-0.25, -0.2) is 14.2 Å². The predicted molar refractivity (Wildman–Crippen MR) is 66.5 cm³/mol. The first-order chi connectivity index (χ1) is 8.13. The summed E-state index contributed by atoms with van der Waals surface area (Å²) in [5.74, 6) is -0.906. The molecule has 1 heterocycles. The molecule has 0 saturated heterocycles. The lowest BCUT2D eigenvalue weighted by atomic mass is 10.1. The minimum atomic E-state index is -0.524. The lowest BCUT2D eigenvalue weighted by Crippen LogP contribution is -2.03. The number of thiazole rings is 1. The SMILES string of the molecule is COC(=O)c1ncsc1-c1ccc(Br)c(F)c1. The smallest absolute Gasteiger partial charge is 0.358 e. The Kier molecular flexibility index (Phi) is 3.54. The van der Waals surface area contributed by atoms with Crippen molar-refractivity contribution in [2.24, 2.45) is 0 Å². The lowest BCUT2D eigenvalue weighted by Gasteiger charge is -2.02. The van der Waals surface area contributed by atoms with E-state index in [4.69, 9.17) is 0 Å². The first-order valence-electron chi connectivity index (χ1n) is 4.60. The third kappa shape index (κ3) is 2.37. The number of nitrogens with zero attached hydrogens (tertiary/aromatic N) is 1. The van der Waals surface area contributed by atoms with Gasteiger partial charge in [0.15, 0.2) is 5.69 Å². The first kappa shape index (κ1) is 12.2. The van der Waals surface area contributed by atoms with E-state index in [0.29, 0.717) is 14.9 Å². The van der Waals surface area contributed by atoms with Gasteiger partial charge in [0, 0.05) is 0 Å². The summed E-state index contributed by atoms with van der Waals surface area (Å²) in [4.78, 5) is 16.0. The maximum atomic E-state index is 13.4. The fraction of sp³-hybridized carbons (Fsp3) is 0.0909. The van der Waals surface area contributed by atoms with E-state index in [2.05, 4.69) is 25.7 Å². The lowest BCUT2D eigenvalue weighted by molar-refractivity contribution is 0.0596. The normalized spacial score (nSPS) is 10.3. The van der Waals surface area contributed by atoms with Crippen LogP contribution in [0.25, 0.3) is 10.4 Å². The molecule has 0 unspecified atom stereocenters. The van der Waals surface area contributed by atoms with Crippen molar-refractivity contribution >= 4 is 33.2 Å². The topological polar surface area (TPSA) is 39.2 Å². The van der Waals surface area contributed by atoms with Crippen molar-refractivity contribution in [1.29, 1.82) is 0 Å². The highest BCUT2D eigenvalue weighted by molar-refractivity contribution is 9.10. The number of carbonyl (C=O) groups excluding carboxylic acids is 1. The number of methoxy groups -OCH3 is 1. The van der Waals surface area contributed by atoms with E-state index < -0.39 is 5.97 Å². The Morgan fingerprint density at radius 2 is 2.29 bits per heavy atom. The Hall–Kier alpha value is -1.27. The molecule has 0 N–H and O–H groups in total. The van der Waals surface area contributed by atoms with Crippen LogP contribution in [0.4, 0.5) is 4.39 Å². The van der Waals surface area contributed by atoms with E-state index in [1.807, 2.05) is 0 Å². The van der Waals surface area contributed by atoms with Crippen LogP contribution in [0.3, 0.4) is 0 Å². The summed E-state index contributed by atoms with van der Waals surface area (Å²) in [5, 5.41) is 0. The van der Waals surface area contributed by atoms with Gasteiger partial charge in [0.25, 0.3) is 0 Å². The predicted octanol–water partition coefficient (Wildman–Crippen LogP) is 3.50. The molecule has 1 aromatic heterocycles. The van der Waals surface area contributed by atoms with Gasteiger partial charge in [-0.1, -0.05) is 6.07 Å². The molecule has 0 bridgehead atoms. The Bertz CT molecular complexity index is 570. The summed E-state index contributed by atoms with van der Waals surface area (Å²) in [6.45, 7) is 0. The van der Waals surface area contributed by atoms with Crippen LogP contribution in [0.5, 0.6) is 0 Å². The first-order valence-corrected chi connectivity index (χ1v) is 6.28. The molecule has 6 heteroatoms. The second-order valence-corrected chi connectivity index (χ2v) is 4.86. The van der Waals surface area contributed by atoms with Gasteiger partial charge in [-0.15, -0.1) is 11.3 Å². The van der Waals surface area contributed by atoms with Gasteiger partial charge < -0.3 is 4.74 Å². The molecule has 0 atom stereocenters. The summed E-state index contributed by atoms with van der Waals surface area (Å²) in [6.07, 6.45) is 0. The van der Waals surface area contributed by atoms with E-state index in [0.717, 1.165) is 0 Å². The molecule has 0 radical (unpaired) electrons. The fourth-order valence-corrected chi connectivity index (χ4v) is 2.35. The van der Waals surface area contributed by atoms with Crippen LogP contribution in [-0.2, 0) is 4.74 Å². The molecular formula is C11H7BrFNO2S. The van der Waals surface area contributed by atoms with E-state index in [9.17, 15) is 9.18 Å². The zero-order chi connectivity index (χ0) is 12.4. The molecule has 17 heavy (non-hydrogen) atoms. The van der Waals surface area contributed by atoms with Crippen LogP contribution < -0.4 is 0 Å². The molecule has 0 spiro atoms. The van der Waals surface area contributed by atoms with Gasteiger partial charge in [0.1, 0.15) is 5.82 Å². The van der Waals surface area contributed by atoms with Crippen molar-refractivity contribution in [2.45, 2.75) is 0 Å². The molecule has 2 rings (SSSR count). The van der Waals surface area contributed by atoms with Crippen molar-refractivity contribution in [3.05, 3.63) is 39.7 Å². The summed E-state index contributed by atoms with van der Waals surface area (Å²) in [5.41, 5.74) is 2.34. The number of ether oxygens (including phenoxy) is 1. The van der Waals surface area contributed by atoms with Gasteiger partial charge in [-0.3, -0.25) is 0 Å². The fourth-order valence-electron chi connectivity index (χ4n) is 1.33. The largest absolute Gasteiger partial charge is 0.464 e. The van der Waals surface area contributed by atoms with Gasteiger partial charge >= 0.3 is 5.97 Å². The number of carbonyl (C=O) groups is 1. The van der Waals surface area contributed by atoms with Crippen molar-refractivity contribution in [1.82, 2.24) is 4.98 Å². The van der Waals surface area contributed by atoms with Gasteiger partial charge in [-0.05, 0) is 33.6 Å². The Morgan fingerprint density at radius 3 is 2.94 bits per heavy atom. The van der Waals surface area contributed by atoms with Crippen molar-refractivity contribution < 1.29 is 13.9 Å². The van der Waals surface area contributed by atoms with Gasteiger partial charge in [0.2, 0.25) is 0 Å². The second-order valence-electron chi connectivity index (χ2n) is 3.15. The molecule has 0 aliphatic carbocycles. The second kappa shape index (κ2) is 4.93. The number of aromatic nitrogens is 1. The van der Waals surface area contributed by atoms with Crippen LogP contribution in [-0.4, -0.2) is 18.1 Å². The highest BCUT2D eigenvalue weighted by atomic mass is 79.9. The molecule has 0 fully saturated rings. The molecule has 0 amide bonds. The zero-order valence-electron chi connectivity index (χ0n) is 8.74. The van der Waals surface area contributed by atoms with Crippen molar-refractivity contribution in [2.75, 3.05) is 7.11 Å². The van der Waals surface area contributed by atoms with Crippen LogP contribution in [0, 0.1) is 5.82 Å². The molecule has 88 valence electrons. The van der Waals surface area contributed by atoms with Crippen molar-refractivity contribution in [3.63, 3.8) is 0 Å². The van der Waals surface area contributed by atoms with E-state index >= 15 is 0 Å². The monoisotopic (exact) mass is 315 g/mol. The van der Waals surface area contributed by atoms with Gasteiger partial charge in [0.05, 0.1) is 22.0 Å². The maximum absolute atomic E-state index is 13.4. The third-order valence-corrected chi connectivity index (χ3v) is 3.65. The standard InChI is InChI=1S/C11H7BrFNO2S/c1-16-11(15)9-10(17-5-14-9)6-2-3-7(12)8(13)4-6/h2-5H,1H3. The molecule has 3 nitrogen and oxygen atoms in total. The van der Waals surface area contributed by atoms with Crippen LogP contribution in [0.15, 0.2) is 28.2 Å². The number of rotatable bonds is 2.